The van der Waals surface area contributed by atoms with Crippen molar-refractivity contribution in [3.63, 3.8) is 0 Å². The van der Waals surface area contributed by atoms with Gasteiger partial charge in [-0.1, -0.05) is 0 Å². The molecule has 0 atom stereocenters. The van der Waals surface area contributed by atoms with Crippen molar-refractivity contribution in [1.29, 1.82) is 0 Å². The van der Waals surface area contributed by atoms with Gasteiger partial charge >= 0.3 is 0 Å². The lowest BCUT2D eigenvalue weighted by Gasteiger charge is -2.07. The first-order chi connectivity index (χ1) is 10.5. The van der Waals surface area contributed by atoms with E-state index in [1.807, 2.05) is 0 Å². The number of amides is 2. The smallest absolute Gasteiger partial charge is 0.251 e. The summed E-state index contributed by atoms with van der Waals surface area (Å²) in [5.41, 5.74) is 6.37. The van der Waals surface area contributed by atoms with E-state index in [9.17, 15) is 14.4 Å². The first-order valence-corrected chi connectivity index (χ1v) is 7.11. The van der Waals surface area contributed by atoms with E-state index in [-0.39, 0.29) is 24.1 Å². The number of ketones is 1. The fourth-order valence-corrected chi connectivity index (χ4v) is 1.73. The number of carbonyl (C=O) groups is 3. The van der Waals surface area contributed by atoms with Crippen molar-refractivity contribution < 1.29 is 14.4 Å². The summed E-state index contributed by atoms with van der Waals surface area (Å²) in [6.45, 7) is 3.08. The quantitative estimate of drug-likeness (QED) is 0.475. The van der Waals surface area contributed by atoms with Crippen LogP contribution in [0, 0.1) is 0 Å². The van der Waals surface area contributed by atoms with Crippen molar-refractivity contribution >= 4 is 23.3 Å². The van der Waals surface area contributed by atoms with Crippen LogP contribution in [0.3, 0.4) is 0 Å². The lowest BCUT2D eigenvalue weighted by molar-refractivity contribution is -0.117. The summed E-state index contributed by atoms with van der Waals surface area (Å²) in [6.07, 6.45) is 0.398. The maximum atomic E-state index is 11.9. The zero-order valence-electron chi connectivity index (χ0n) is 12.6. The molecule has 0 aliphatic heterocycles. The second-order valence-electron chi connectivity index (χ2n) is 4.76. The number of rotatable bonds is 9. The molecule has 2 amide bonds. The topological polar surface area (TPSA) is 113 Å². The van der Waals surface area contributed by atoms with Gasteiger partial charge in [0.15, 0.2) is 0 Å². The molecule has 0 unspecified atom stereocenters. The number of Topliss-reactive ketones (excluding diaryl/α,β-unsaturated/α-hetero) is 1. The molecule has 1 aromatic rings. The van der Waals surface area contributed by atoms with Gasteiger partial charge in [-0.2, -0.15) is 0 Å². The van der Waals surface area contributed by atoms with Crippen molar-refractivity contribution in [2.24, 2.45) is 5.73 Å². The van der Waals surface area contributed by atoms with Crippen molar-refractivity contribution in [2.75, 3.05) is 31.5 Å². The Balaban J connectivity index is 2.25. The molecule has 120 valence electrons. The molecule has 7 heteroatoms. The number of anilines is 1. The molecule has 0 heterocycles. The molecular weight excluding hydrogens is 284 g/mol. The molecule has 0 aliphatic carbocycles. The minimum absolute atomic E-state index is 0.01000. The van der Waals surface area contributed by atoms with Crippen LogP contribution in [0.5, 0.6) is 0 Å². The summed E-state index contributed by atoms with van der Waals surface area (Å²) >= 11 is 0. The van der Waals surface area contributed by atoms with Crippen LogP contribution >= 0.6 is 0 Å². The molecule has 0 aromatic heterocycles. The Labute approximate surface area is 129 Å². The van der Waals surface area contributed by atoms with E-state index in [1.54, 1.807) is 24.3 Å². The molecule has 22 heavy (non-hydrogen) atoms. The average Bonchev–Trinajstić information content (AvgIpc) is 2.50. The molecule has 7 nitrogen and oxygen atoms in total. The van der Waals surface area contributed by atoms with Gasteiger partial charge in [-0.25, -0.2) is 0 Å². The zero-order chi connectivity index (χ0) is 16.4. The Morgan fingerprint density at radius 2 is 1.73 bits per heavy atom. The van der Waals surface area contributed by atoms with Gasteiger partial charge in [0.2, 0.25) is 5.91 Å². The summed E-state index contributed by atoms with van der Waals surface area (Å²) < 4.78 is 0. The molecule has 1 aromatic carbocycles. The monoisotopic (exact) mass is 306 g/mol. The van der Waals surface area contributed by atoms with Crippen LogP contribution in [0.25, 0.3) is 0 Å². The maximum Gasteiger partial charge on any atom is 0.251 e. The number of benzene rings is 1. The third-order valence-electron chi connectivity index (χ3n) is 2.86. The second-order valence-corrected chi connectivity index (χ2v) is 4.76. The molecular formula is C15H22N4O3. The number of hydrogen-bond acceptors (Lipinski definition) is 5. The van der Waals surface area contributed by atoms with E-state index < -0.39 is 0 Å². The zero-order valence-corrected chi connectivity index (χ0v) is 12.6. The van der Waals surface area contributed by atoms with Crippen LogP contribution in [0.2, 0.25) is 0 Å². The highest BCUT2D eigenvalue weighted by Gasteiger charge is 2.05. The maximum absolute atomic E-state index is 11.9. The fraction of sp³-hybridized carbons (Fsp3) is 0.400. The average molecular weight is 306 g/mol. The van der Waals surface area contributed by atoms with Crippen LogP contribution in [0.4, 0.5) is 5.69 Å². The van der Waals surface area contributed by atoms with Crippen molar-refractivity contribution in [3.8, 4) is 0 Å². The van der Waals surface area contributed by atoms with Crippen LogP contribution in [0.1, 0.15) is 23.7 Å². The van der Waals surface area contributed by atoms with Crippen LogP contribution in [-0.4, -0.2) is 43.8 Å². The van der Waals surface area contributed by atoms with Gasteiger partial charge in [0.05, 0.1) is 6.54 Å². The Bertz CT molecular complexity index is 514. The highest BCUT2D eigenvalue weighted by Crippen LogP contribution is 2.09. The third-order valence-corrected chi connectivity index (χ3v) is 2.86. The number of nitrogens with one attached hydrogen (secondary N) is 3. The number of hydrogen-bond donors (Lipinski definition) is 4. The molecule has 0 bridgehead atoms. The Hall–Kier alpha value is -2.25. The standard InChI is InChI=1S/C15H22N4O3/c1-11(20)19-13-4-2-12(3-5-13)15(22)18-9-8-17-7-6-14(21)10-16/h2-5,17H,6-10,16H2,1H3,(H,18,22)(H,19,20). The summed E-state index contributed by atoms with van der Waals surface area (Å²) in [7, 11) is 0. The Morgan fingerprint density at radius 3 is 2.32 bits per heavy atom. The van der Waals surface area contributed by atoms with E-state index in [0.29, 0.717) is 37.3 Å². The van der Waals surface area contributed by atoms with E-state index in [4.69, 9.17) is 5.73 Å². The fourth-order valence-electron chi connectivity index (χ4n) is 1.73. The highest BCUT2D eigenvalue weighted by atomic mass is 16.2. The summed E-state index contributed by atoms with van der Waals surface area (Å²) in [5.74, 6) is -0.332. The van der Waals surface area contributed by atoms with Crippen molar-refractivity contribution in [3.05, 3.63) is 29.8 Å². The van der Waals surface area contributed by atoms with E-state index >= 15 is 0 Å². The molecule has 0 saturated carbocycles. The SMILES string of the molecule is CC(=O)Nc1ccc(C(=O)NCCNCCC(=O)CN)cc1. The van der Waals surface area contributed by atoms with Gasteiger partial charge < -0.3 is 21.7 Å². The number of carbonyl (C=O) groups excluding carboxylic acids is 3. The lowest BCUT2D eigenvalue weighted by Crippen LogP contribution is -2.33. The molecule has 0 fully saturated rings. The summed E-state index contributed by atoms with van der Waals surface area (Å²) in [4.78, 5) is 33.7. The molecule has 5 N–H and O–H groups in total. The molecule has 1 rings (SSSR count). The van der Waals surface area contributed by atoms with Gasteiger partial charge in [-0.3, -0.25) is 14.4 Å². The largest absolute Gasteiger partial charge is 0.351 e. The van der Waals surface area contributed by atoms with Crippen LogP contribution in [-0.2, 0) is 9.59 Å². The minimum Gasteiger partial charge on any atom is -0.351 e. The van der Waals surface area contributed by atoms with E-state index in [2.05, 4.69) is 16.0 Å². The second kappa shape index (κ2) is 9.64. The first-order valence-electron chi connectivity index (χ1n) is 7.11. The normalized spacial score (nSPS) is 10.1. The third kappa shape index (κ3) is 6.96. The highest BCUT2D eigenvalue weighted by molar-refractivity contribution is 5.95. The van der Waals surface area contributed by atoms with Gasteiger partial charge in [-0.15, -0.1) is 0 Å². The van der Waals surface area contributed by atoms with Gasteiger partial charge in [0, 0.05) is 44.2 Å². The van der Waals surface area contributed by atoms with Crippen LogP contribution < -0.4 is 21.7 Å². The molecule has 0 radical (unpaired) electrons. The predicted octanol–water partition coefficient (Wildman–Crippen LogP) is -0.118. The van der Waals surface area contributed by atoms with Crippen LogP contribution in [0.15, 0.2) is 24.3 Å². The van der Waals surface area contributed by atoms with E-state index in [1.165, 1.54) is 6.92 Å². The first kappa shape index (κ1) is 17.8. The molecule has 0 spiro atoms. The predicted molar refractivity (Wildman–Crippen MR) is 84.6 cm³/mol. The van der Waals surface area contributed by atoms with Crippen molar-refractivity contribution in [1.82, 2.24) is 10.6 Å². The number of nitrogens with two attached hydrogens (primary N) is 1. The van der Waals surface area contributed by atoms with Gasteiger partial charge in [-0.05, 0) is 24.3 Å². The Morgan fingerprint density at radius 1 is 1.05 bits per heavy atom. The van der Waals surface area contributed by atoms with Crippen molar-refractivity contribution in [2.45, 2.75) is 13.3 Å². The summed E-state index contributed by atoms with van der Waals surface area (Å²) in [5, 5.41) is 8.45. The Kier molecular flexibility index (Phi) is 7.80. The van der Waals surface area contributed by atoms with Gasteiger partial charge in [0.25, 0.3) is 5.91 Å². The molecule has 0 aliphatic rings. The minimum atomic E-state index is -0.186. The lowest BCUT2D eigenvalue weighted by atomic mass is 10.2. The molecule has 0 saturated heterocycles. The van der Waals surface area contributed by atoms with Gasteiger partial charge in [0.1, 0.15) is 5.78 Å². The van der Waals surface area contributed by atoms with E-state index in [0.717, 1.165) is 0 Å². The summed E-state index contributed by atoms with van der Waals surface area (Å²) in [6, 6.07) is 6.64.